The Morgan fingerprint density at radius 3 is 1.97 bits per heavy atom. The van der Waals surface area contributed by atoms with E-state index in [1.165, 1.54) is 6.33 Å². The first-order valence-electron chi connectivity index (χ1n) is 13.0. The van der Waals surface area contributed by atoms with Crippen LogP contribution in [0.4, 0.5) is 0 Å². The zero-order valence-electron chi connectivity index (χ0n) is 24.1. The number of carboxylic acids is 1. The first-order chi connectivity index (χ1) is 18.1. The first-order valence-corrected chi connectivity index (χ1v) is 13.0. The van der Waals surface area contributed by atoms with Crippen LogP contribution in [0, 0.1) is 0 Å². The summed E-state index contributed by atoms with van der Waals surface area (Å²) in [5.74, 6) is -2.85. The number of carbonyl (C=O) groups excluding carboxylic acids is 3. The van der Waals surface area contributed by atoms with Gasteiger partial charge in [-0.3, -0.25) is 19.2 Å². The van der Waals surface area contributed by atoms with Gasteiger partial charge in [-0.1, -0.05) is 54.5 Å². The molecule has 0 saturated heterocycles. The number of hydrogen-bond acceptors (Lipinski definition) is 6. The largest absolute Gasteiger partial charge is 0.480 e. The molecule has 39 heavy (non-hydrogen) atoms. The molecule has 0 radical (unpaired) electrons. The molecule has 1 heterocycles. The normalized spacial score (nSPS) is 12.0. The van der Waals surface area contributed by atoms with Crippen molar-refractivity contribution >= 4 is 23.7 Å². The maximum Gasteiger partial charge on any atom is 0.322 e. The minimum Gasteiger partial charge on any atom is -0.480 e. The van der Waals surface area contributed by atoms with Crippen LogP contribution in [0.2, 0.25) is 0 Å². The van der Waals surface area contributed by atoms with Gasteiger partial charge in [0.15, 0.2) is 0 Å². The van der Waals surface area contributed by atoms with E-state index in [2.05, 4.69) is 80.5 Å². The molecule has 1 aromatic carbocycles. The van der Waals surface area contributed by atoms with Crippen LogP contribution in [-0.2, 0) is 31.6 Å². The van der Waals surface area contributed by atoms with Crippen LogP contribution in [0.5, 0.6) is 0 Å². The molecule has 1 atom stereocenters. The zero-order valence-corrected chi connectivity index (χ0v) is 24.1. The minimum absolute atomic E-state index is 0.124. The topological polar surface area (TPSA) is 179 Å². The predicted octanol–water partition coefficient (Wildman–Crippen LogP) is 2.02. The van der Waals surface area contributed by atoms with Crippen LogP contribution in [0.25, 0.3) is 0 Å². The average Bonchev–Trinajstić information content (AvgIpc) is 3.37. The lowest BCUT2D eigenvalue weighted by molar-refractivity contribution is -0.137. The Hall–Kier alpha value is -3.73. The standard InChI is InChI=1S/C25H35N5O5.C3H9N/c1-24(2,3)16-7-15(8-17(9-16)25(4,5)6)22(34)30-19(10-18-11-26-14-29-18)23(35)28-12-20(31)27-13-21(32)33;1-2-3-4/h7-9,11,14,19H,10,12-13H2,1-6H3,(H,26,29)(H,27,31)(H,28,35)(H,30,34)(H,32,33);2-4H2,1H3. The van der Waals surface area contributed by atoms with Crippen LogP contribution in [0.3, 0.4) is 0 Å². The summed E-state index contributed by atoms with van der Waals surface area (Å²) >= 11 is 0. The Morgan fingerprint density at radius 2 is 1.54 bits per heavy atom. The maximum absolute atomic E-state index is 13.3. The molecule has 7 N–H and O–H groups in total. The minimum atomic E-state index is -1.19. The van der Waals surface area contributed by atoms with Gasteiger partial charge in [0, 0.05) is 23.9 Å². The van der Waals surface area contributed by atoms with Crippen molar-refractivity contribution in [2.24, 2.45) is 5.73 Å². The number of imidazole rings is 1. The van der Waals surface area contributed by atoms with Gasteiger partial charge < -0.3 is 31.8 Å². The Morgan fingerprint density at radius 1 is 0.974 bits per heavy atom. The number of amides is 3. The number of aliphatic carboxylic acids is 1. The van der Waals surface area contributed by atoms with Crippen LogP contribution >= 0.6 is 0 Å². The molecule has 0 saturated carbocycles. The molecule has 11 heteroatoms. The third-order valence-corrected chi connectivity index (χ3v) is 5.68. The number of nitrogens with two attached hydrogens (primary N) is 1. The summed E-state index contributed by atoms with van der Waals surface area (Å²) in [7, 11) is 0. The van der Waals surface area contributed by atoms with Crippen molar-refractivity contribution in [3.63, 3.8) is 0 Å². The molecule has 1 aromatic heterocycles. The number of aromatic amines is 1. The molecule has 3 amide bonds. The molecule has 11 nitrogen and oxygen atoms in total. The summed E-state index contributed by atoms with van der Waals surface area (Å²) in [5.41, 5.74) is 7.71. The monoisotopic (exact) mass is 544 g/mol. The maximum atomic E-state index is 13.3. The third-order valence-electron chi connectivity index (χ3n) is 5.68. The SMILES string of the molecule is CC(C)(C)c1cc(C(=O)NC(Cc2cnc[nH]2)C(=O)NCC(=O)NCC(=O)O)cc(C(C)(C)C)c1.CCCN. The highest BCUT2D eigenvalue weighted by atomic mass is 16.4. The Labute approximate surface area is 230 Å². The zero-order chi connectivity index (χ0) is 29.8. The van der Waals surface area contributed by atoms with E-state index in [0.29, 0.717) is 11.3 Å². The van der Waals surface area contributed by atoms with Gasteiger partial charge in [-0.15, -0.1) is 0 Å². The van der Waals surface area contributed by atoms with E-state index in [9.17, 15) is 19.2 Å². The molecule has 216 valence electrons. The van der Waals surface area contributed by atoms with Crippen LogP contribution in [0.1, 0.15) is 82.1 Å². The van der Waals surface area contributed by atoms with E-state index in [4.69, 9.17) is 10.8 Å². The summed E-state index contributed by atoms with van der Waals surface area (Å²) < 4.78 is 0. The van der Waals surface area contributed by atoms with Gasteiger partial charge in [-0.25, -0.2) is 4.98 Å². The number of carbonyl (C=O) groups is 4. The van der Waals surface area contributed by atoms with Gasteiger partial charge in [0.05, 0.1) is 12.9 Å². The Balaban J connectivity index is 0.00000177. The van der Waals surface area contributed by atoms with E-state index in [0.717, 1.165) is 24.1 Å². The number of H-pyrrole nitrogens is 1. The number of rotatable bonds is 10. The first kappa shape index (κ1) is 33.3. The second kappa shape index (κ2) is 15.0. The highest BCUT2D eigenvalue weighted by Gasteiger charge is 2.26. The predicted molar refractivity (Wildman–Crippen MR) is 150 cm³/mol. The highest BCUT2D eigenvalue weighted by molar-refractivity contribution is 5.98. The fraction of sp³-hybridized carbons (Fsp3) is 0.536. The molecule has 0 aliphatic rings. The van der Waals surface area contributed by atoms with Gasteiger partial charge in [-0.05, 0) is 47.1 Å². The highest BCUT2D eigenvalue weighted by Crippen LogP contribution is 2.30. The molecule has 0 aliphatic heterocycles. The molecule has 2 aromatic rings. The lowest BCUT2D eigenvalue weighted by Crippen LogP contribution is -2.50. The second-order valence-electron chi connectivity index (χ2n) is 11.3. The second-order valence-corrected chi connectivity index (χ2v) is 11.3. The summed E-state index contributed by atoms with van der Waals surface area (Å²) in [6, 6.07) is 4.76. The number of carboxylic acid groups (broad SMARTS) is 1. The molecule has 0 fully saturated rings. The van der Waals surface area contributed by atoms with Gasteiger partial charge in [-0.2, -0.15) is 0 Å². The van der Waals surface area contributed by atoms with E-state index in [1.54, 1.807) is 6.20 Å². The summed E-state index contributed by atoms with van der Waals surface area (Å²) in [6.07, 6.45) is 4.23. The fourth-order valence-electron chi connectivity index (χ4n) is 3.22. The number of nitrogens with zero attached hydrogens (tertiary/aromatic N) is 1. The van der Waals surface area contributed by atoms with Crippen LogP contribution in [-0.4, -0.2) is 64.4 Å². The molecule has 1 unspecified atom stereocenters. The van der Waals surface area contributed by atoms with Crippen molar-refractivity contribution in [3.8, 4) is 0 Å². The fourth-order valence-corrected chi connectivity index (χ4v) is 3.22. The van der Waals surface area contributed by atoms with E-state index >= 15 is 0 Å². The Kier molecular flexibility index (Phi) is 12.8. The quantitative estimate of drug-likeness (QED) is 0.265. The molecule has 0 spiro atoms. The van der Waals surface area contributed by atoms with Crippen LogP contribution in [0.15, 0.2) is 30.7 Å². The van der Waals surface area contributed by atoms with E-state index < -0.39 is 42.8 Å². The molecule has 2 rings (SSSR count). The smallest absolute Gasteiger partial charge is 0.322 e. The van der Waals surface area contributed by atoms with Crippen LogP contribution < -0.4 is 21.7 Å². The van der Waals surface area contributed by atoms with Crippen molar-refractivity contribution in [1.82, 2.24) is 25.9 Å². The van der Waals surface area contributed by atoms with Crippen molar-refractivity contribution < 1.29 is 24.3 Å². The molecule has 0 aliphatic carbocycles. The molecular weight excluding hydrogens is 500 g/mol. The van der Waals surface area contributed by atoms with Crippen molar-refractivity contribution in [3.05, 3.63) is 53.1 Å². The number of nitrogens with one attached hydrogen (secondary N) is 4. The van der Waals surface area contributed by atoms with Gasteiger partial charge in [0.25, 0.3) is 5.91 Å². The summed E-state index contributed by atoms with van der Waals surface area (Å²) in [4.78, 5) is 55.4. The van der Waals surface area contributed by atoms with E-state index in [-0.39, 0.29) is 17.3 Å². The Bertz CT molecular complexity index is 1070. The lowest BCUT2D eigenvalue weighted by atomic mass is 9.79. The number of benzene rings is 1. The number of aromatic nitrogens is 2. The number of hydrogen-bond donors (Lipinski definition) is 6. The van der Waals surface area contributed by atoms with E-state index in [1.807, 2.05) is 12.1 Å². The summed E-state index contributed by atoms with van der Waals surface area (Å²) in [6.45, 7) is 14.3. The van der Waals surface area contributed by atoms with Crippen molar-refractivity contribution in [2.75, 3.05) is 19.6 Å². The van der Waals surface area contributed by atoms with Gasteiger partial charge in [0.1, 0.15) is 12.6 Å². The van der Waals surface area contributed by atoms with Gasteiger partial charge in [0.2, 0.25) is 11.8 Å². The third kappa shape index (κ3) is 12.1. The lowest BCUT2D eigenvalue weighted by Gasteiger charge is -2.26. The summed E-state index contributed by atoms with van der Waals surface area (Å²) in [5, 5.41) is 16.1. The van der Waals surface area contributed by atoms with Crippen molar-refractivity contribution in [1.29, 1.82) is 0 Å². The molecule has 0 bridgehead atoms. The van der Waals surface area contributed by atoms with Gasteiger partial charge >= 0.3 is 5.97 Å². The van der Waals surface area contributed by atoms with Crippen molar-refractivity contribution in [2.45, 2.75) is 78.2 Å². The molecular formula is C28H44N6O5. The average molecular weight is 545 g/mol.